The highest BCUT2D eigenvalue weighted by Gasteiger charge is 2.40. The monoisotopic (exact) mass is 352 g/mol. The molecule has 23 heavy (non-hydrogen) atoms. The lowest BCUT2D eigenvalue weighted by Gasteiger charge is -2.21. The van der Waals surface area contributed by atoms with Crippen molar-refractivity contribution in [3.05, 3.63) is 41.2 Å². The molecular formula is C14H12N2O5S2. The average molecular weight is 352 g/mol. The molecule has 1 fully saturated rings. The summed E-state index contributed by atoms with van der Waals surface area (Å²) in [6, 6.07) is 2.06. The fraction of sp³-hybridized carbons (Fsp3) is 0.143. The van der Waals surface area contributed by atoms with E-state index in [4.69, 9.17) is 22.4 Å². The van der Waals surface area contributed by atoms with Crippen molar-refractivity contribution in [2.45, 2.75) is 12.5 Å². The molecule has 1 aromatic heterocycles. The second-order valence-electron chi connectivity index (χ2n) is 4.47. The lowest BCUT2D eigenvalue weighted by molar-refractivity contribution is -0.146. The first-order chi connectivity index (χ1) is 10.9. The van der Waals surface area contributed by atoms with Gasteiger partial charge in [-0.05, 0) is 24.3 Å². The minimum Gasteiger partial charge on any atom is -0.480 e. The minimum absolute atomic E-state index is 0.0706. The maximum Gasteiger partial charge on any atom is 0.327 e. The summed E-state index contributed by atoms with van der Waals surface area (Å²) in [5.74, 6) is -2.13. The standard InChI is InChI=1S/C14H12N2O5S2/c15-11(17)7-9(13(19)20)16-12(18)10(23-14(16)22)5-1-3-8-4-2-6-21-8/h1-6,9H,7H2,(H2,15,17)(H,19,20)/b3-1+,10-5+. The van der Waals surface area contributed by atoms with Crippen LogP contribution in [0.3, 0.4) is 0 Å². The van der Waals surface area contributed by atoms with Gasteiger partial charge in [-0.25, -0.2) is 4.79 Å². The lowest BCUT2D eigenvalue weighted by Crippen LogP contribution is -2.46. The number of carboxylic acid groups (broad SMARTS) is 1. The number of rotatable bonds is 6. The van der Waals surface area contributed by atoms with Crippen molar-refractivity contribution in [2.75, 3.05) is 0 Å². The summed E-state index contributed by atoms with van der Waals surface area (Å²) in [6.07, 6.45) is 5.75. The second-order valence-corrected chi connectivity index (χ2v) is 6.15. The molecule has 2 heterocycles. The third-order valence-corrected chi connectivity index (χ3v) is 4.21. The third-order valence-electron chi connectivity index (χ3n) is 2.87. The number of nitrogens with zero attached hydrogens (tertiary/aromatic N) is 1. The number of carbonyl (C=O) groups excluding carboxylic acids is 2. The molecule has 0 saturated carbocycles. The highest BCUT2D eigenvalue weighted by atomic mass is 32.2. The molecule has 9 heteroatoms. The van der Waals surface area contributed by atoms with Crippen LogP contribution in [0.25, 0.3) is 6.08 Å². The first-order valence-electron chi connectivity index (χ1n) is 6.38. The Bertz CT molecular complexity index is 709. The number of nitrogens with two attached hydrogens (primary N) is 1. The molecular weight excluding hydrogens is 340 g/mol. The minimum atomic E-state index is -1.40. The second kappa shape index (κ2) is 7.25. The van der Waals surface area contributed by atoms with Crippen molar-refractivity contribution in [3.63, 3.8) is 0 Å². The van der Waals surface area contributed by atoms with Gasteiger partial charge in [0, 0.05) is 0 Å². The molecule has 1 aliphatic rings. The predicted molar refractivity (Wildman–Crippen MR) is 88.1 cm³/mol. The lowest BCUT2D eigenvalue weighted by atomic mass is 10.1. The van der Waals surface area contributed by atoms with Crippen LogP contribution < -0.4 is 5.73 Å². The fourth-order valence-corrected chi connectivity index (χ4v) is 3.17. The van der Waals surface area contributed by atoms with Gasteiger partial charge in [0.2, 0.25) is 5.91 Å². The number of hydrogen-bond donors (Lipinski definition) is 2. The van der Waals surface area contributed by atoms with Crippen molar-refractivity contribution < 1.29 is 23.9 Å². The summed E-state index contributed by atoms with van der Waals surface area (Å²) in [4.78, 5) is 35.7. The van der Waals surface area contributed by atoms with Crippen LogP contribution in [-0.2, 0) is 14.4 Å². The van der Waals surface area contributed by atoms with E-state index in [2.05, 4.69) is 0 Å². The summed E-state index contributed by atoms with van der Waals surface area (Å²) in [7, 11) is 0. The van der Waals surface area contributed by atoms with Gasteiger partial charge in [-0.3, -0.25) is 14.5 Å². The Hall–Kier alpha value is -2.39. The average Bonchev–Trinajstić information content (AvgIpc) is 3.06. The van der Waals surface area contributed by atoms with E-state index in [9.17, 15) is 19.5 Å². The first kappa shape index (κ1) is 17.0. The van der Waals surface area contributed by atoms with Gasteiger partial charge in [-0.1, -0.05) is 30.1 Å². The maximum absolute atomic E-state index is 12.3. The summed E-state index contributed by atoms with van der Waals surface area (Å²) in [6.45, 7) is 0. The molecule has 0 radical (unpaired) electrons. The normalized spacial score (nSPS) is 18.1. The molecule has 2 rings (SSSR count). The molecule has 1 aliphatic heterocycles. The highest BCUT2D eigenvalue weighted by molar-refractivity contribution is 8.26. The Labute approximate surface area is 140 Å². The number of aliphatic carboxylic acids is 1. The van der Waals surface area contributed by atoms with Gasteiger partial charge < -0.3 is 15.3 Å². The van der Waals surface area contributed by atoms with Gasteiger partial charge in [0.05, 0.1) is 17.6 Å². The molecule has 1 atom stereocenters. The van der Waals surface area contributed by atoms with Crippen LogP contribution in [0.2, 0.25) is 0 Å². The zero-order chi connectivity index (χ0) is 17.0. The van der Waals surface area contributed by atoms with E-state index >= 15 is 0 Å². The summed E-state index contributed by atoms with van der Waals surface area (Å²) < 4.78 is 5.18. The van der Waals surface area contributed by atoms with Crippen molar-refractivity contribution in [3.8, 4) is 0 Å². The van der Waals surface area contributed by atoms with Gasteiger partial charge in [-0.15, -0.1) is 0 Å². The molecule has 1 aromatic rings. The topological polar surface area (TPSA) is 114 Å². The SMILES string of the molecule is NC(=O)CC(C(=O)O)N1C(=O)/C(=C\C=C\c2ccco2)SC1=S. The van der Waals surface area contributed by atoms with Crippen molar-refractivity contribution >= 4 is 52.2 Å². The number of thiocarbonyl (C=S) groups is 1. The Kier molecular flexibility index (Phi) is 5.35. The van der Waals surface area contributed by atoms with E-state index in [1.165, 1.54) is 12.3 Å². The van der Waals surface area contributed by atoms with Gasteiger partial charge >= 0.3 is 5.97 Å². The molecule has 2 amide bonds. The number of allylic oxidation sites excluding steroid dienone is 2. The smallest absolute Gasteiger partial charge is 0.327 e. The van der Waals surface area contributed by atoms with Crippen LogP contribution >= 0.6 is 24.0 Å². The fourth-order valence-electron chi connectivity index (χ4n) is 1.86. The zero-order valence-electron chi connectivity index (χ0n) is 11.7. The number of hydrogen-bond acceptors (Lipinski definition) is 6. The molecule has 1 unspecified atom stereocenters. The summed E-state index contributed by atoms with van der Waals surface area (Å²) in [5.41, 5.74) is 5.03. The van der Waals surface area contributed by atoms with Crippen molar-refractivity contribution in [1.29, 1.82) is 0 Å². The predicted octanol–water partition coefficient (Wildman–Crippen LogP) is 1.37. The Morgan fingerprint density at radius 2 is 2.26 bits per heavy atom. The number of carbonyl (C=O) groups is 3. The zero-order valence-corrected chi connectivity index (χ0v) is 13.3. The number of primary amides is 1. The van der Waals surface area contributed by atoms with Crippen LogP contribution in [0.5, 0.6) is 0 Å². The van der Waals surface area contributed by atoms with E-state index < -0.39 is 30.2 Å². The van der Waals surface area contributed by atoms with Gasteiger partial charge in [-0.2, -0.15) is 0 Å². The number of carboxylic acids is 1. The van der Waals surface area contributed by atoms with Gasteiger partial charge in [0.25, 0.3) is 5.91 Å². The van der Waals surface area contributed by atoms with E-state index in [1.807, 2.05) is 0 Å². The summed E-state index contributed by atoms with van der Waals surface area (Å²) in [5, 5.41) is 9.19. The molecule has 0 bridgehead atoms. The Morgan fingerprint density at radius 3 is 2.83 bits per heavy atom. The van der Waals surface area contributed by atoms with Crippen LogP contribution in [-0.4, -0.2) is 38.2 Å². The molecule has 0 spiro atoms. The molecule has 1 saturated heterocycles. The summed E-state index contributed by atoms with van der Waals surface area (Å²) >= 11 is 6.01. The van der Waals surface area contributed by atoms with E-state index in [-0.39, 0.29) is 9.23 Å². The number of amides is 2. The van der Waals surface area contributed by atoms with E-state index in [0.717, 1.165) is 16.7 Å². The molecule has 120 valence electrons. The third kappa shape index (κ3) is 4.08. The quantitative estimate of drug-likeness (QED) is 0.587. The molecule has 7 nitrogen and oxygen atoms in total. The maximum atomic E-state index is 12.3. The largest absolute Gasteiger partial charge is 0.480 e. The van der Waals surface area contributed by atoms with Crippen LogP contribution in [0.15, 0.2) is 39.9 Å². The van der Waals surface area contributed by atoms with Crippen LogP contribution in [0.4, 0.5) is 0 Å². The first-order valence-corrected chi connectivity index (χ1v) is 7.61. The number of thioether (sulfide) groups is 1. The van der Waals surface area contributed by atoms with Crippen molar-refractivity contribution in [1.82, 2.24) is 4.90 Å². The number of furan rings is 1. The van der Waals surface area contributed by atoms with Crippen LogP contribution in [0.1, 0.15) is 12.2 Å². The van der Waals surface area contributed by atoms with E-state index in [0.29, 0.717) is 5.76 Å². The van der Waals surface area contributed by atoms with Crippen molar-refractivity contribution in [2.24, 2.45) is 5.73 Å². The van der Waals surface area contributed by atoms with Crippen LogP contribution in [0, 0.1) is 0 Å². The van der Waals surface area contributed by atoms with Gasteiger partial charge in [0.1, 0.15) is 16.1 Å². The molecule has 0 aromatic carbocycles. The Morgan fingerprint density at radius 1 is 1.52 bits per heavy atom. The molecule has 3 N–H and O–H groups in total. The highest BCUT2D eigenvalue weighted by Crippen LogP contribution is 2.33. The van der Waals surface area contributed by atoms with Gasteiger partial charge in [0.15, 0.2) is 0 Å². The molecule has 0 aliphatic carbocycles. The van der Waals surface area contributed by atoms with E-state index in [1.54, 1.807) is 24.3 Å². The Balaban J connectivity index is 2.18.